The van der Waals surface area contributed by atoms with Gasteiger partial charge in [-0.1, -0.05) is 12.1 Å². The molecule has 3 nitrogen and oxygen atoms in total. The van der Waals surface area contributed by atoms with E-state index in [0.717, 1.165) is 15.5 Å². The number of para-hydroxylation sites is 1. The Morgan fingerprint density at radius 3 is 2.62 bits per heavy atom. The van der Waals surface area contributed by atoms with Crippen LogP contribution in [0.4, 0.5) is 0 Å². The fourth-order valence-electron chi connectivity index (χ4n) is 2.07. The molecule has 0 bridgehead atoms. The number of hydrogen-bond donors (Lipinski definition) is 0. The monoisotopic (exact) mass is 276 g/mol. The van der Waals surface area contributed by atoms with Gasteiger partial charge >= 0.3 is 0 Å². The molecule has 0 aliphatic carbocycles. The third-order valence-electron chi connectivity index (χ3n) is 2.84. The molecule has 0 fully saturated rings. The van der Waals surface area contributed by atoms with Crippen molar-refractivity contribution in [3.05, 3.63) is 51.2 Å². The summed E-state index contributed by atoms with van der Waals surface area (Å²) in [6, 6.07) is 11.3. The van der Waals surface area contributed by atoms with Gasteiger partial charge in [-0.25, -0.2) is 4.52 Å². The normalized spacial score (nSPS) is 11.4. The summed E-state index contributed by atoms with van der Waals surface area (Å²) < 4.78 is 4.72. The largest absolute Gasteiger partial charge is 0.287 e. The summed E-state index contributed by atoms with van der Waals surface area (Å²) in [4.78, 5) is 12.2. The van der Waals surface area contributed by atoms with Crippen LogP contribution in [0.2, 0.25) is 0 Å². The molecule has 1 aromatic carbocycles. The average molecular weight is 277 g/mol. The second-order valence-electron chi connectivity index (χ2n) is 3.72. The fraction of sp³-hybridized carbons (Fsp3) is 0.0833. The molecule has 0 spiro atoms. The molecule has 16 heavy (non-hydrogen) atoms. The first-order valence-corrected chi connectivity index (χ1v) is 5.74. The Kier molecular flexibility index (Phi) is 1.94. The van der Waals surface area contributed by atoms with E-state index in [2.05, 4.69) is 15.9 Å². The molecule has 2 aromatic heterocycles. The van der Waals surface area contributed by atoms with E-state index in [4.69, 9.17) is 0 Å². The zero-order valence-corrected chi connectivity index (χ0v) is 10.2. The number of benzene rings is 1. The zero-order chi connectivity index (χ0) is 11.3. The number of rotatable bonds is 0. The molecule has 4 heteroatoms. The van der Waals surface area contributed by atoms with Gasteiger partial charge < -0.3 is 0 Å². The molecule has 80 valence electrons. The minimum absolute atomic E-state index is 0.0689. The molecule has 0 unspecified atom stereocenters. The molecular weight excluding hydrogens is 268 g/mol. The number of fused-ring (bicyclic) bond motifs is 2. The van der Waals surface area contributed by atoms with E-state index in [1.807, 2.05) is 52.6 Å². The third kappa shape index (κ3) is 1.10. The second kappa shape index (κ2) is 3.22. The van der Waals surface area contributed by atoms with Crippen LogP contribution < -0.4 is 5.43 Å². The highest BCUT2D eigenvalue weighted by Gasteiger charge is 2.09. The maximum absolute atomic E-state index is 12.2. The SMILES string of the molecule is Cn1c2ccccc2c(=O)c2ccc(Br)n21. The van der Waals surface area contributed by atoms with Crippen molar-refractivity contribution in [2.75, 3.05) is 0 Å². The molecule has 0 aliphatic heterocycles. The van der Waals surface area contributed by atoms with Crippen molar-refractivity contribution in [1.29, 1.82) is 0 Å². The number of hydrogen-bond acceptors (Lipinski definition) is 1. The van der Waals surface area contributed by atoms with Crippen LogP contribution in [0.1, 0.15) is 0 Å². The Morgan fingerprint density at radius 2 is 1.81 bits per heavy atom. The summed E-state index contributed by atoms with van der Waals surface area (Å²) in [5, 5.41) is 0.753. The fourth-order valence-corrected chi connectivity index (χ4v) is 2.64. The average Bonchev–Trinajstić information content (AvgIpc) is 2.69. The quantitative estimate of drug-likeness (QED) is 0.620. The number of halogens is 1. The summed E-state index contributed by atoms with van der Waals surface area (Å²) in [6.45, 7) is 0. The summed E-state index contributed by atoms with van der Waals surface area (Å²) in [5.74, 6) is 0. The Morgan fingerprint density at radius 1 is 1.06 bits per heavy atom. The molecule has 0 atom stereocenters. The zero-order valence-electron chi connectivity index (χ0n) is 8.64. The number of nitrogens with zero attached hydrogens (tertiary/aromatic N) is 2. The van der Waals surface area contributed by atoms with Crippen LogP contribution in [0.25, 0.3) is 16.4 Å². The molecule has 0 aliphatic rings. The van der Waals surface area contributed by atoms with E-state index in [-0.39, 0.29) is 5.43 Å². The lowest BCUT2D eigenvalue weighted by molar-refractivity contribution is 0.708. The molecule has 0 saturated carbocycles. The van der Waals surface area contributed by atoms with Crippen molar-refractivity contribution in [2.45, 2.75) is 0 Å². The van der Waals surface area contributed by atoms with Gasteiger partial charge in [0.15, 0.2) is 0 Å². The number of aryl methyl sites for hydroxylation is 1. The van der Waals surface area contributed by atoms with Crippen molar-refractivity contribution in [2.24, 2.45) is 7.05 Å². The van der Waals surface area contributed by atoms with Crippen LogP contribution in [0, 0.1) is 0 Å². The predicted octanol–water partition coefficient (Wildman–Crippen LogP) is 2.55. The third-order valence-corrected chi connectivity index (χ3v) is 3.44. The van der Waals surface area contributed by atoms with Gasteiger partial charge in [0, 0.05) is 12.4 Å². The lowest BCUT2D eigenvalue weighted by Crippen LogP contribution is -2.15. The maximum Gasteiger partial charge on any atom is 0.213 e. The smallest absolute Gasteiger partial charge is 0.213 e. The van der Waals surface area contributed by atoms with Gasteiger partial charge in [-0.3, -0.25) is 9.48 Å². The van der Waals surface area contributed by atoms with Crippen LogP contribution in [0.15, 0.2) is 45.8 Å². The first-order chi connectivity index (χ1) is 7.70. The molecule has 0 N–H and O–H groups in total. The molecule has 2 heterocycles. The van der Waals surface area contributed by atoms with Gasteiger partial charge in [-0.15, -0.1) is 0 Å². The van der Waals surface area contributed by atoms with E-state index < -0.39 is 0 Å². The van der Waals surface area contributed by atoms with Gasteiger partial charge in [0.1, 0.15) is 10.1 Å². The topological polar surface area (TPSA) is 26.4 Å². The van der Waals surface area contributed by atoms with Crippen LogP contribution in [-0.4, -0.2) is 9.20 Å². The highest BCUT2D eigenvalue weighted by molar-refractivity contribution is 9.10. The van der Waals surface area contributed by atoms with Crippen LogP contribution in [-0.2, 0) is 7.05 Å². The van der Waals surface area contributed by atoms with E-state index in [9.17, 15) is 4.79 Å². The van der Waals surface area contributed by atoms with Crippen molar-refractivity contribution in [3.63, 3.8) is 0 Å². The van der Waals surface area contributed by atoms with Crippen molar-refractivity contribution >= 4 is 32.3 Å². The Bertz CT molecular complexity index is 755. The Balaban J connectivity index is 2.75. The van der Waals surface area contributed by atoms with Crippen LogP contribution in [0.3, 0.4) is 0 Å². The predicted molar refractivity (Wildman–Crippen MR) is 67.8 cm³/mol. The summed E-state index contributed by atoms with van der Waals surface area (Å²) >= 11 is 3.44. The first kappa shape index (κ1) is 9.66. The van der Waals surface area contributed by atoms with Gasteiger partial charge in [0.2, 0.25) is 5.43 Å². The molecule has 0 amide bonds. The van der Waals surface area contributed by atoms with E-state index >= 15 is 0 Å². The van der Waals surface area contributed by atoms with Crippen molar-refractivity contribution in [1.82, 2.24) is 9.20 Å². The minimum Gasteiger partial charge on any atom is -0.287 e. The maximum atomic E-state index is 12.2. The van der Waals surface area contributed by atoms with Gasteiger partial charge in [-0.2, -0.15) is 0 Å². The van der Waals surface area contributed by atoms with Crippen LogP contribution in [0.5, 0.6) is 0 Å². The molecule has 3 rings (SSSR count). The van der Waals surface area contributed by atoms with Gasteiger partial charge in [-0.05, 0) is 40.2 Å². The summed E-state index contributed by atoms with van der Waals surface area (Å²) in [7, 11) is 1.94. The van der Waals surface area contributed by atoms with E-state index in [1.54, 1.807) is 0 Å². The lowest BCUT2D eigenvalue weighted by Gasteiger charge is -2.10. The Labute approximate surface area is 100 Å². The lowest BCUT2D eigenvalue weighted by atomic mass is 10.2. The van der Waals surface area contributed by atoms with Gasteiger partial charge in [0.25, 0.3) is 0 Å². The van der Waals surface area contributed by atoms with E-state index in [1.165, 1.54) is 0 Å². The van der Waals surface area contributed by atoms with E-state index in [0.29, 0.717) is 5.52 Å². The van der Waals surface area contributed by atoms with Crippen molar-refractivity contribution in [3.8, 4) is 0 Å². The summed E-state index contributed by atoms with van der Waals surface area (Å²) in [5.41, 5.74) is 1.68. The molecule has 0 radical (unpaired) electrons. The van der Waals surface area contributed by atoms with Crippen LogP contribution >= 0.6 is 15.9 Å². The highest BCUT2D eigenvalue weighted by Crippen LogP contribution is 2.17. The first-order valence-electron chi connectivity index (χ1n) is 4.95. The highest BCUT2D eigenvalue weighted by atomic mass is 79.9. The summed E-state index contributed by atoms with van der Waals surface area (Å²) in [6.07, 6.45) is 0. The molecular formula is C12H9BrN2O. The standard InChI is InChI=1S/C12H9BrN2O/c1-14-9-5-3-2-4-8(9)12(16)10-6-7-11(13)15(10)14/h2-7H,1H3. The Hall–Kier alpha value is -1.55. The number of aromatic nitrogens is 2. The molecule has 3 aromatic rings. The van der Waals surface area contributed by atoms with Crippen molar-refractivity contribution < 1.29 is 0 Å². The minimum atomic E-state index is 0.0689. The molecule has 0 saturated heterocycles. The second-order valence-corrected chi connectivity index (χ2v) is 4.54. The van der Waals surface area contributed by atoms with Gasteiger partial charge in [0.05, 0.1) is 5.52 Å².